The third-order valence-corrected chi connectivity index (χ3v) is 4.97. The van der Waals surface area contributed by atoms with E-state index in [1.54, 1.807) is 6.33 Å². The van der Waals surface area contributed by atoms with Crippen molar-refractivity contribution in [3.05, 3.63) is 29.0 Å². The van der Waals surface area contributed by atoms with Gasteiger partial charge in [0.15, 0.2) is 0 Å². The van der Waals surface area contributed by atoms with Crippen LogP contribution in [-0.2, 0) is 0 Å². The number of hydrogen-bond donors (Lipinski definition) is 0. The fourth-order valence-corrected chi connectivity index (χ4v) is 3.39. The minimum absolute atomic E-state index is 0.692. The molecular weight excluding hydrogens is 342 g/mol. The van der Waals surface area contributed by atoms with Gasteiger partial charge in [-0.15, -0.1) is 0 Å². The normalized spacial score (nSPS) is 17.0. The van der Waals surface area contributed by atoms with Crippen LogP contribution in [0.5, 0.6) is 5.88 Å². The van der Waals surface area contributed by atoms with E-state index in [0.717, 1.165) is 34.3 Å². The molecule has 0 aliphatic carbocycles. The van der Waals surface area contributed by atoms with Gasteiger partial charge in [-0.25, -0.2) is 9.97 Å². The highest BCUT2D eigenvalue weighted by Gasteiger charge is 2.18. The predicted octanol–water partition coefficient (Wildman–Crippen LogP) is 3.89. The molecule has 4 nitrogen and oxygen atoms in total. The summed E-state index contributed by atoms with van der Waals surface area (Å²) in [6.07, 6.45) is 5.25. The number of rotatable bonds is 5. The Morgan fingerprint density at radius 2 is 2.09 bits per heavy atom. The molecule has 1 fully saturated rings. The summed E-state index contributed by atoms with van der Waals surface area (Å²) in [5.74, 6) is 1.47. The number of aromatic nitrogens is 2. The lowest BCUT2D eigenvalue weighted by atomic mass is 9.94. The summed E-state index contributed by atoms with van der Waals surface area (Å²) in [5.41, 5.74) is 0.921. The zero-order valence-electron chi connectivity index (χ0n) is 13.0. The number of nitrogens with zero attached hydrogens (tertiary/aromatic N) is 3. The average molecular weight is 364 g/mol. The van der Waals surface area contributed by atoms with Crippen molar-refractivity contribution in [3.8, 4) is 5.88 Å². The van der Waals surface area contributed by atoms with E-state index >= 15 is 0 Å². The summed E-state index contributed by atoms with van der Waals surface area (Å²) in [4.78, 5) is 11.1. The number of benzene rings is 1. The second-order valence-electron chi connectivity index (χ2n) is 5.86. The first kappa shape index (κ1) is 15.7. The molecule has 0 N–H and O–H groups in total. The van der Waals surface area contributed by atoms with Gasteiger partial charge in [0.2, 0.25) is 5.88 Å². The monoisotopic (exact) mass is 363 g/mol. The van der Waals surface area contributed by atoms with Gasteiger partial charge in [-0.3, -0.25) is 0 Å². The second-order valence-corrected chi connectivity index (χ2v) is 6.77. The van der Waals surface area contributed by atoms with Gasteiger partial charge in [-0.1, -0.05) is 22.9 Å². The Balaban J connectivity index is 1.57. The van der Waals surface area contributed by atoms with Crippen molar-refractivity contribution < 1.29 is 4.74 Å². The predicted molar refractivity (Wildman–Crippen MR) is 92.2 cm³/mol. The van der Waals surface area contributed by atoms with Crippen LogP contribution in [0.1, 0.15) is 26.2 Å². The van der Waals surface area contributed by atoms with E-state index in [-0.39, 0.29) is 0 Å². The topological polar surface area (TPSA) is 38.2 Å². The first-order valence-corrected chi connectivity index (χ1v) is 8.81. The van der Waals surface area contributed by atoms with E-state index in [0.29, 0.717) is 5.88 Å². The van der Waals surface area contributed by atoms with Crippen LogP contribution in [0.3, 0.4) is 0 Å². The highest BCUT2D eigenvalue weighted by Crippen LogP contribution is 2.26. The van der Waals surface area contributed by atoms with Gasteiger partial charge in [0.05, 0.1) is 17.5 Å². The molecule has 0 unspecified atom stereocenters. The molecule has 5 heteroatoms. The van der Waals surface area contributed by atoms with Gasteiger partial charge in [0, 0.05) is 4.47 Å². The van der Waals surface area contributed by atoms with Crippen molar-refractivity contribution in [2.24, 2.45) is 5.92 Å². The summed E-state index contributed by atoms with van der Waals surface area (Å²) in [6, 6.07) is 5.99. The number of likely N-dealkylation sites (tertiary alicyclic amines) is 1. The van der Waals surface area contributed by atoms with Crippen molar-refractivity contribution in [1.29, 1.82) is 0 Å². The minimum Gasteiger partial charge on any atom is -0.477 e. The van der Waals surface area contributed by atoms with Crippen LogP contribution in [-0.4, -0.2) is 41.1 Å². The first-order chi connectivity index (χ1) is 10.8. The van der Waals surface area contributed by atoms with E-state index in [1.165, 1.54) is 32.5 Å². The van der Waals surface area contributed by atoms with E-state index in [2.05, 4.69) is 37.7 Å². The SMILES string of the molecule is CCN1CCC(CCOc2ncnc3ccc(Br)cc23)CC1. The molecule has 1 aliphatic rings. The molecule has 3 rings (SSSR count). The van der Waals surface area contributed by atoms with Crippen LogP contribution < -0.4 is 4.74 Å². The lowest BCUT2D eigenvalue weighted by Crippen LogP contribution is -2.33. The number of piperidine rings is 1. The molecule has 0 atom stereocenters. The van der Waals surface area contributed by atoms with Crippen molar-refractivity contribution >= 4 is 26.8 Å². The van der Waals surface area contributed by atoms with Crippen LogP contribution >= 0.6 is 15.9 Å². The molecule has 0 amide bonds. The summed E-state index contributed by atoms with van der Waals surface area (Å²) in [5, 5.41) is 0.970. The van der Waals surface area contributed by atoms with E-state index in [4.69, 9.17) is 4.74 Å². The molecule has 22 heavy (non-hydrogen) atoms. The number of ether oxygens (including phenoxy) is 1. The molecule has 1 aromatic heterocycles. The van der Waals surface area contributed by atoms with Crippen molar-refractivity contribution in [2.75, 3.05) is 26.2 Å². The Bertz CT molecular complexity index is 626. The van der Waals surface area contributed by atoms with Crippen LogP contribution in [0.25, 0.3) is 10.9 Å². The van der Waals surface area contributed by atoms with E-state index in [9.17, 15) is 0 Å². The molecule has 0 radical (unpaired) electrons. The zero-order valence-corrected chi connectivity index (χ0v) is 14.6. The minimum atomic E-state index is 0.692. The number of halogens is 1. The summed E-state index contributed by atoms with van der Waals surface area (Å²) in [7, 11) is 0. The Morgan fingerprint density at radius 1 is 1.27 bits per heavy atom. The Morgan fingerprint density at radius 3 is 2.86 bits per heavy atom. The molecule has 0 spiro atoms. The lowest BCUT2D eigenvalue weighted by Gasteiger charge is -2.30. The average Bonchev–Trinajstić information content (AvgIpc) is 2.56. The molecule has 0 bridgehead atoms. The third-order valence-electron chi connectivity index (χ3n) is 4.48. The highest BCUT2D eigenvalue weighted by atomic mass is 79.9. The Labute approximate surface area is 140 Å². The molecule has 0 saturated carbocycles. The van der Waals surface area contributed by atoms with Gasteiger partial charge < -0.3 is 9.64 Å². The van der Waals surface area contributed by atoms with Gasteiger partial charge in [0.25, 0.3) is 0 Å². The smallest absolute Gasteiger partial charge is 0.224 e. The maximum Gasteiger partial charge on any atom is 0.224 e. The largest absolute Gasteiger partial charge is 0.477 e. The molecule has 1 aromatic carbocycles. The van der Waals surface area contributed by atoms with Gasteiger partial charge in [-0.2, -0.15) is 0 Å². The molecule has 1 saturated heterocycles. The number of fused-ring (bicyclic) bond motifs is 1. The summed E-state index contributed by atoms with van der Waals surface area (Å²) < 4.78 is 6.96. The number of hydrogen-bond acceptors (Lipinski definition) is 4. The van der Waals surface area contributed by atoms with Crippen molar-refractivity contribution in [2.45, 2.75) is 26.2 Å². The molecular formula is C17H22BrN3O. The molecule has 1 aliphatic heterocycles. The third kappa shape index (κ3) is 3.76. The van der Waals surface area contributed by atoms with E-state index in [1.807, 2.05) is 18.2 Å². The maximum absolute atomic E-state index is 5.94. The van der Waals surface area contributed by atoms with Crippen molar-refractivity contribution in [1.82, 2.24) is 14.9 Å². The highest BCUT2D eigenvalue weighted by molar-refractivity contribution is 9.10. The second kappa shape index (κ2) is 7.38. The summed E-state index contributed by atoms with van der Waals surface area (Å²) in [6.45, 7) is 6.59. The Hall–Kier alpha value is -1.20. The van der Waals surface area contributed by atoms with Crippen LogP contribution in [0, 0.1) is 5.92 Å². The maximum atomic E-state index is 5.94. The standard InChI is InChI=1S/C17H22BrN3O/c1-2-21-8-5-13(6-9-21)7-10-22-17-15-11-14(18)3-4-16(15)19-12-20-17/h3-4,11-13H,2,5-10H2,1H3. The van der Waals surface area contributed by atoms with Crippen LogP contribution in [0.4, 0.5) is 0 Å². The summed E-state index contributed by atoms with van der Waals surface area (Å²) >= 11 is 3.49. The zero-order chi connectivity index (χ0) is 15.4. The Kier molecular flexibility index (Phi) is 5.26. The van der Waals surface area contributed by atoms with Crippen LogP contribution in [0.2, 0.25) is 0 Å². The fraction of sp³-hybridized carbons (Fsp3) is 0.529. The van der Waals surface area contributed by atoms with Crippen molar-refractivity contribution in [3.63, 3.8) is 0 Å². The molecule has 2 aromatic rings. The van der Waals surface area contributed by atoms with Gasteiger partial charge in [0.1, 0.15) is 6.33 Å². The van der Waals surface area contributed by atoms with E-state index < -0.39 is 0 Å². The quantitative estimate of drug-likeness (QED) is 0.807. The first-order valence-electron chi connectivity index (χ1n) is 8.01. The van der Waals surface area contributed by atoms with Gasteiger partial charge >= 0.3 is 0 Å². The van der Waals surface area contributed by atoms with Gasteiger partial charge in [-0.05, 0) is 63.0 Å². The lowest BCUT2D eigenvalue weighted by molar-refractivity contribution is 0.168. The fourth-order valence-electron chi connectivity index (χ4n) is 3.03. The molecule has 2 heterocycles. The molecule has 118 valence electrons. The van der Waals surface area contributed by atoms with Crippen LogP contribution in [0.15, 0.2) is 29.0 Å².